The second-order valence-electron chi connectivity index (χ2n) is 12.9. The number of nitrogens with one attached hydrogen (secondary N) is 1. The molecule has 11 nitrogen and oxygen atoms in total. The molecule has 4 rings (SSSR count). The van der Waals surface area contributed by atoms with E-state index in [1.54, 1.807) is 0 Å². The van der Waals surface area contributed by atoms with Gasteiger partial charge < -0.3 is 43.7 Å². The number of benzene rings is 2. The Morgan fingerprint density at radius 1 is 1.08 bits per heavy atom. The number of aromatic nitrogens is 1. The number of hydrogen-bond donors (Lipinski definition) is 2. The van der Waals surface area contributed by atoms with Crippen LogP contribution < -0.4 is 30.2 Å². The minimum absolute atomic E-state index is 0.0180. The number of hydrogen-bond acceptors (Lipinski definition) is 8. The molecule has 0 spiro atoms. The summed E-state index contributed by atoms with van der Waals surface area (Å²) in [6, 6.07) is 4.00. The number of aliphatic hydroxyl groups excluding tert-OH is 1. The maximum atomic E-state index is 15.5. The van der Waals surface area contributed by atoms with Crippen molar-refractivity contribution >= 4 is 28.5 Å². The number of pyridine rings is 1. The van der Waals surface area contributed by atoms with E-state index in [9.17, 15) is 45.8 Å². The third-order valence-electron chi connectivity index (χ3n) is 7.94. The molecule has 0 saturated carbocycles. The zero-order chi connectivity index (χ0) is 38.5. The van der Waals surface area contributed by atoms with Gasteiger partial charge in [-0.25, -0.2) is 4.39 Å². The lowest BCUT2D eigenvalue weighted by atomic mass is 9.96. The third kappa shape index (κ3) is 11.2. The molecule has 282 valence electrons. The maximum Gasteiger partial charge on any atom is 0.573 e. The number of piperidine rings is 1. The molecule has 0 bridgehead atoms. The van der Waals surface area contributed by atoms with Crippen molar-refractivity contribution in [1.82, 2.24) is 9.88 Å². The van der Waals surface area contributed by atoms with Crippen LogP contribution in [0.2, 0.25) is 0 Å². The van der Waals surface area contributed by atoms with E-state index in [1.807, 2.05) is 0 Å². The molecule has 1 aliphatic rings. The van der Waals surface area contributed by atoms with E-state index in [2.05, 4.69) is 31.2 Å². The van der Waals surface area contributed by atoms with Gasteiger partial charge in [0.05, 0.1) is 45.8 Å². The molecule has 1 fully saturated rings. The fourth-order valence-corrected chi connectivity index (χ4v) is 5.43. The maximum absolute atomic E-state index is 15.5. The van der Waals surface area contributed by atoms with Crippen LogP contribution in [0.25, 0.3) is 10.9 Å². The fourth-order valence-electron chi connectivity index (χ4n) is 5.43. The number of aryl methyl sites for hydroxylation is 1. The molecular formula is C33H39F7N4O7. The number of carboxylic acid groups (broad SMARTS) is 1. The van der Waals surface area contributed by atoms with Crippen LogP contribution in [0.3, 0.4) is 0 Å². The lowest BCUT2D eigenvalue weighted by Crippen LogP contribution is -2.41. The molecule has 0 atom stereocenters. The number of amides is 1. The van der Waals surface area contributed by atoms with Crippen molar-refractivity contribution in [3.05, 3.63) is 63.2 Å². The molecule has 0 radical (unpaired) electrons. The van der Waals surface area contributed by atoms with Gasteiger partial charge in [0, 0.05) is 37.7 Å². The average molecular weight is 737 g/mol. The number of quaternary nitrogens is 1. The highest BCUT2D eigenvalue weighted by Crippen LogP contribution is 2.40. The Morgan fingerprint density at radius 2 is 1.71 bits per heavy atom. The number of nitrogens with zero attached hydrogens (tertiary/aromatic N) is 3. The summed E-state index contributed by atoms with van der Waals surface area (Å²) in [5.74, 6) is -5.13. The number of fused-ring (bicyclic) bond motifs is 1. The molecule has 0 aliphatic carbocycles. The second-order valence-corrected chi connectivity index (χ2v) is 12.9. The number of likely N-dealkylation sites (N-methyl/N-ethyl adjacent to an activating group) is 1. The first-order valence-electron chi connectivity index (χ1n) is 15.6. The van der Waals surface area contributed by atoms with Crippen molar-refractivity contribution < 1.29 is 64.5 Å². The van der Waals surface area contributed by atoms with E-state index in [4.69, 9.17) is 9.84 Å². The first kappa shape index (κ1) is 40.8. The van der Waals surface area contributed by atoms with Crippen LogP contribution in [0.1, 0.15) is 34.3 Å². The van der Waals surface area contributed by atoms with Crippen LogP contribution in [-0.2, 0) is 17.9 Å². The summed E-state index contributed by atoms with van der Waals surface area (Å²) < 4.78 is 105. The smallest absolute Gasteiger partial charge is 0.550 e. The van der Waals surface area contributed by atoms with Crippen LogP contribution in [0.4, 0.5) is 36.4 Å². The number of aliphatic carboxylic acids is 1. The summed E-state index contributed by atoms with van der Waals surface area (Å²) in [4.78, 5) is 39.0. The van der Waals surface area contributed by atoms with Crippen LogP contribution in [0.5, 0.6) is 11.5 Å². The number of rotatable bonds is 10. The molecule has 0 unspecified atom stereocenters. The normalized spacial score (nSPS) is 14.2. The zero-order valence-electron chi connectivity index (χ0n) is 28.5. The van der Waals surface area contributed by atoms with Crippen molar-refractivity contribution in [3.63, 3.8) is 0 Å². The van der Waals surface area contributed by atoms with Gasteiger partial charge in [0.1, 0.15) is 30.1 Å². The standard InChI is InChI=1S/C28H26F7N3O6.C5H14NO/c1-14-9-17(44-28(33,34)35)4-3-16(14)11-36-25(40)19-12-38(13-27(30,31)32)21-18(23(19)39)10-20(29)22(24(21)43-2)37-7-5-15(6-8-37)26(41)42;1-6(2,3)4-5-7/h3-4,9-10,12,15H,5-8,11,13H2,1-2H3,(H,36,40)(H,41,42);7H,4-5H2,1-3H3/q;+1/p-1. The topological polar surface area (TPSA) is 133 Å². The van der Waals surface area contributed by atoms with Gasteiger partial charge in [-0.2, -0.15) is 13.2 Å². The van der Waals surface area contributed by atoms with Gasteiger partial charge in [-0.15, -0.1) is 13.2 Å². The highest BCUT2D eigenvalue weighted by Gasteiger charge is 2.33. The Kier molecular flexibility index (Phi) is 13.0. The molecule has 1 aromatic heterocycles. The number of ether oxygens (including phenoxy) is 2. The number of methoxy groups -OCH3 is 1. The Morgan fingerprint density at radius 3 is 2.18 bits per heavy atom. The molecule has 3 aromatic rings. The van der Waals surface area contributed by atoms with Gasteiger partial charge in [-0.1, -0.05) is 6.07 Å². The summed E-state index contributed by atoms with van der Waals surface area (Å²) in [5, 5.41) is 21.4. The van der Waals surface area contributed by atoms with E-state index >= 15 is 4.39 Å². The lowest BCUT2D eigenvalue weighted by molar-refractivity contribution is -0.870. The SMILES string of the molecule is COc1c(N2CCC(C(=O)[O-])CC2)c(F)cc2c(=O)c(C(=O)NCc3ccc(OC(F)(F)F)cc3C)cn(CC(F)(F)F)c12.C[N+](C)(C)CCO. The molecule has 18 heteroatoms. The average Bonchev–Trinajstić information content (AvgIpc) is 2.99. The van der Waals surface area contributed by atoms with Gasteiger partial charge in [0.2, 0.25) is 5.43 Å². The van der Waals surface area contributed by atoms with Crippen molar-refractivity contribution in [1.29, 1.82) is 0 Å². The first-order valence-corrected chi connectivity index (χ1v) is 15.6. The van der Waals surface area contributed by atoms with E-state index in [1.165, 1.54) is 17.9 Å². The molecule has 1 amide bonds. The van der Waals surface area contributed by atoms with Gasteiger partial charge in [0.25, 0.3) is 5.91 Å². The quantitative estimate of drug-likeness (QED) is 0.239. The molecular weight excluding hydrogens is 697 g/mol. The largest absolute Gasteiger partial charge is 0.573 e. The van der Waals surface area contributed by atoms with Crippen molar-refractivity contribution in [2.45, 2.75) is 45.4 Å². The summed E-state index contributed by atoms with van der Waals surface area (Å²) >= 11 is 0. The summed E-state index contributed by atoms with van der Waals surface area (Å²) in [6.45, 7) is 0.590. The predicted octanol–water partition coefficient (Wildman–Crippen LogP) is 3.50. The van der Waals surface area contributed by atoms with E-state index < -0.39 is 76.1 Å². The van der Waals surface area contributed by atoms with Gasteiger partial charge in [-0.3, -0.25) is 9.59 Å². The number of carbonyl (C=O) groups excluding carboxylic acids is 2. The number of carboxylic acids is 1. The number of carbonyl (C=O) groups is 2. The van der Waals surface area contributed by atoms with E-state index in [-0.39, 0.29) is 50.3 Å². The minimum atomic E-state index is -4.92. The minimum Gasteiger partial charge on any atom is -0.550 e. The van der Waals surface area contributed by atoms with Gasteiger partial charge >= 0.3 is 12.5 Å². The number of alkyl halides is 6. The predicted molar refractivity (Wildman–Crippen MR) is 170 cm³/mol. The van der Waals surface area contributed by atoms with Crippen molar-refractivity contribution in [2.24, 2.45) is 5.92 Å². The number of aliphatic hydroxyl groups is 1. The van der Waals surface area contributed by atoms with Gasteiger partial charge in [-0.05, 0) is 49.1 Å². The van der Waals surface area contributed by atoms with E-state index in [0.717, 1.165) is 30.3 Å². The van der Waals surface area contributed by atoms with Crippen LogP contribution >= 0.6 is 0 Å². The molecule has 51 heavy (non-hydrogen) atoms. The highest BCUT2D eigenvalue weighted by atomic mass is 19.4. The van der Waals surface area contributed by atoms with Crippen molar-refractivity contribution in [3.8, 4) is 11.5 Å². The highest BCUT2D eigenvalue weighted by molar-refractivity contribution is 5.99. The van der Waals surface area contributed by atoms with E-state index in [0.29, 0.717) is 22.4 Å². The molecule has 1 aliphatic heterocycles. The Hall–Kier alpha value is -4.58. The second kappa shape index (κ2) is 16.2. The fraction of sp³-hybridized carbons (Fsp3) is 0.485. The molecule has 2 heterocycles. The molecule has 2 N–H and O–H groups in total. The Bertz CT molecular complexity index is 1780. The zero-order valence-corrected chi connectivity index (χ0v) is 28.5. The van der Waals surface area contributed by atoms with Crippen LogP contribution in [0, 0.1) is 18.7 Å². The van der Waals surface area contributed by atoms with Crippen LogP contribution in [-0.4, -0.2) is 93.1 Å². The molecule has 2 aromatic carbocycles. The van der Waals surface area contributed by atoms with Gasteiger partial charge in [0.15, 0.2) is 11.6 Å². The van der Waals surface area contributed by atoms with Crippen LogP contribution in [0.15, 0.2) is 35.3 Å². The Balaban J connectivity index is 0.000000908. The molecule has 1 saturated heterocycles. The lowest BCUT2D eigenvalue weighted by Gasteiger charge is -2.35. The summed E-state index contributed by atoms with van der Waals surface area (Å²) in [6.07, 6.45) is -8.94. The number of halogens is 7. The monoisotopic (exact) mass is 736 g/mol. The Labute approximate surface area is 288 Å². The summed E-state index contributed by atoms with van der Waals surface area (Å²) in [7, 11) is 7.23. The summed E-state index contributed by atoms with van der Waals surface area (Å²) in [5.41, 5.74) is -1.94. The third-order valence-corrected chi connectivity index (χ3v) is 7.94. The van der Waals surface area contributed by atoms with Crippen molar-refractivity contribution in [2.75, 3.05) is 59.4 Å². The number of anilines is 1. The first-order chi connectivity index (χ1) is 23.5.